The second-order valence-electron chi connectivity index (χ2n) is 15.5. The van der Waals surface area contributed by atoms with E-state index >= 15 is 4.39 Å². The molecular formula is C40H45F2N5O4. The van der Waals surface area contributed by atoms with Gasteiger partial charge in [0, 0.05) is 61.5 Å². The summed E-state index contributed by atoms with van der Waals surface area (Å²) in [4.78, 5) is 18.7. The molecule has 0 spiro atoms. The fraction of sp³-hybridized carbons (Fsp3) is 0.525. The molecule has 3 atom stereocenters. The number of hydrogen-bond donors (Lipinski definition) is 2. The number of aromatic nitrogens is 3. The number of pyridine rings is 1. The Labute approximate surface area is 297 Å². The molecule has 4 aliphatic rings. The predicted octanol–water partition coefficient (Wildman–Crippen LogP) is 6.60. The Balaban J connectivity index is 1.19. The summed E-state index contributed by atoms with van der Waals surface area (Å²) in [7, 11) is 1.77. The number of fused-ring (bicyclic) bond motifs is 3. The van der Waals surface area contributed by atoms with Crippen LogP contribution in [-0.4, -0.2) is 87.7 Å². The maximum Gasteiger partial charge on any atom is 0.319 e. The number of ether oxygens (including phenoxy) is 2. The first kappa shape index (κ1) is 34.0. The largest absolute Gasteiger partial charge is 0.508 e. The van der Waals surface area contributed by atoms with E-state index in [1.807, 2.05) is 4.90 Å². The van der Waals surface area contributed by atoms with Gasteiger partial charge in [0.15, 0.2) is 5.82 Å². The number of aromatic hydroxyl groups is 1. The molecule has 51 heavy (non-hydrogen) atoms. The van der Waals surface area contributed by atoms with Crippen molar-refractivity contribution < 1.29 is 28.5 Å². The number of benzene rings is 2. The van der Waals surface area contributed by atoms with E-state index in [9.17, 15) is 14.6 Å². The maximum atomic E-state index is 17.0. The van der Waals surface area contributed by atoms with Crippen molar-refractivity contribution in [2.24, 2.45) is 11.3 Å². The fourth-order valence-corrected chi connectivity index (χ4v) is 9.60. The summed E-state index contributed by atoms with van der Waals surface area (Å²) in [6, 6.07) is 6.57. The lowest BCUT2D eigenvalue weighted by atomic mass is 9.71. The fourth-order valence-electron chi connectivity index (χ4n) is 9.60. The summed E-state index contributed by atoms with van der Waals surface area (Å²) >= 11 is 0. The molecule has 4 heterocycles. The second kappa shape index (κ2) is 13.1. The number of β-amino-alcohol motifs (C(OH)–C–C–N with tert-alkyl or cyclic N) is 1. The summed E-state index contributed by atoms with van der Waals surface area (Å²) in [5, 5.41) is 22.7. The minimum atomic E-state index is -0.954. The van der Waals surface area contributed by atoms with Crippen molar-refractivity contribution in [1.29, 1.82) is 0 Å². The average Bonchev–Trinajstić information content (AvgIpc) is 3.53. The Morgan fingerprint density at radius 2 is 1.88 bits per heavy atom. The topological polar surface area (TPSA) is 104 Å². The van der Waals surface area contributed by atoms with Gasteiger partial charge in [-0.3, -0.25) is 9.88 Å². The first-order valence-electron chi connectivity index (χ1n) is 18.2. The first-order chi connectivity index (χ1) is 24.6. The van der Waals surface area contributed by atoms with Gasteiger partial charge in [-0.05, 0) is 94.3 Å². The normalized spacial score (nSPS) is 28.1. The summed E-state index contributed by atoms with van der Waals surface area (Å²) in [6.45, 7) is 5.04. The number of terminal acetylenes is 1. The highest BCUT2D eigenvalue weighted by molar-refractivity contribution is 6.03. The molecule has 11 heteroatoms. The SMILES string of the molecule is C#Cc1c(F)ccc2cc(O)cc(-c3ncc4c(N5CCCC(C)(O)C5)nc(OCC56CCCC5N(C5CC(COC)C5)CCC6)nc4c3F)c12. The Morgan fingerprint density at radius 3 is 2.67 bits per heavy atom. The van der Waals surface area contributed by atoms with Gasteiger partial charge in [-0.2, -0.15) is 9.97 Å². The smallest absolute Gasteiger partial charge is 0.319 e. The molecule has 0 bridgehead atoms. The van der Waals surface area contributed by atoms with Crippen LogP contribution in [0.3, 0.4) is 0 Å². The lowest BCUT2D eigenvalue weighted by molar-refractivity contribution is -0.0622. The van der Waals surface area contributed by atoms with Crippen LogP contribution in [0.15, 0.2) is 30.5 Å². The van der Waals surface area contributed by atoms with Crippen LogP contribution in [0, 0.1) is 35.3 Å². The number of phenols is 1. The highest BCUT2D eigenvalue weighted by Crippen LogP contribution is 2.51. The lowest BCUT2D eigenvalue weighted by Gasteiger charge is -2.53. The van der Waals surface area contributed by atoms with Crippen LogP contribution in [0.2, 0.25) is 0 Å². The molecule has 268 valence electrons. The molecule has 2 aliphatic carbocycles. The third kappa shape index (κ3) is 6.05. The van der Waals surface area contributed by atoms with Gasteiger partial charge < -0.3 is 24.6 Å². The third-order valence-electron chi connectivity index (χ3n) is 12.0. The number of phenolic OH excluding ortho intramolecular Hbond substituents is 1. The van der Waals surface area contributed by atoms with Crippen molar-refractivity contribution in [1.82, 2.24) is 19.9 Å². The van der Waals surface area contributed by atoms with E-state index in [1.165, 1.54) is 30.5 Å². The molecule has 0 radical (unpaired) electrons. The quantitative estimate of drug-likeness (QED) is 0.197. The van der Waals surface area contributed by atoms with E-state index in [0.717, 1.165) is 64.5 Å². The standard InChI is InChI=1S/C40H45F2N5O4/c1-4-28-31(41)10-9-25-18-27(48)19-29(33(25)28)35-34(42)36-30(20-43-35)37(46-14-6-11-39(2,49)22-46)45-38(44-36)51-23-40-12-5-8-32(40)47(15-7-13-40)26-16-24(17-26)21-50-3/h1,9-10,18-20,24,26,32,48-49H,5-8,11-17,21-23H2,2-3H3. The van der Waals surface area contributed by atoms with Gasteiger partial charge in [0.05, 0.1) is 23.2 Å². The van der Waals surface area contributed by atoms with E-state index in [0.29, 0.717) is 60.7 Å². The molecule has 2 aromatic carbocycles. The predicted molar refractivity (Wildman–Crippen MR) is 192 cm³/mol. The molecule has 2 saturated carbocycles. The lowest BCUT2D eigenvalue weighted by Crippen LogP contribution is -2.58. The Morgan fingerprint density at radius 1 is 1.08 bits per heavy atom. The number of piperidine rings is 2. The maximum absolute atomic E-state index is 17.0. The molecule has 2 aromatic heterocycles. The highest BCUT2D eigenvalue weighted by Gasteiger charge is 2.51. The average molecular weight is 698 g/mol. The van der Waals surface area contributed by atoms with Crippen LogP contribution in [-0.2, 0) is 4.74 Å². The molecular weight excluding hydrogens is 652 g/mol. The Kier molecular flexibility index (Phi) is 8.76. The minimum absolute atomic E-state index is 0.00948. The number of rotatable bonds is 8. The molecule has 2 aliphatic heterocycles. The zero-order chi connectivity index (χ0) is 35.5. The molecule has 0 amide bonds. The number of aliphatic hydroxyl groups is 1. The number of likely N-dealkylation sites (tertiary alicyclic amines) is 1. The van der Waals surface area contributed by atoms with E-state index in [4.69, 9.17) is 20.9 Å². The van der Waals surface area contributed by atoms with Gasteiger partial charge in [0.2, 0.25) is 0 Å². The van der Waals surface area contributed by atoms with Crippen LogP contribution in [0.5, 0.6) is 11.8 Å². The van der Waals surface area contributed by atoms with Crippen LogP contribution in [0.4, 0.5) is 14.6 Å². The van der Waals surface area contributed by atoms with Gasteiger partial charge in [-0.15, -0.1) is 6.42 Å². The summed E-state index contributed by atoms with van der Waals surface area (Å²) in [5.41, 5.74) is -1.03. The first-order valence-corrected chi connectivity index (χ1v) is 18.2. The van der Waals surface area contributed by atoms with Crippen molar-refractivity contribution in [2.45, 2.75) is 82.4 Å². The van der Waals surface area contributed by atoms with Crippen LogP contribution in [0.25, 0.3) is 32.9 Å². The monoisotopic (exact) mass is 697 g/mol. The molecule has 3 unspecified atom stereocenters. The summed E-state index contributed by atoms with van der Waals surface area (Å²) in [6.07, 6.45) is 16.4. The molecule has 9 nitrogen and oxygen atoms in total. The number of halogens is 2. The van der Waals surface area contributed by atoms with Crippen LogP contribution in [0.1, 0.15) is 70.3 Å². The van der Waals surface area contributed by atoms with Gasteiger partial charge >= 0.3 is 6.01 Å². The second-order valence-corrected chi connectivity index (χ2v) is 15.5. The van der Waals surface area contributed by atoms with E-state index in [1.54, 1.807) is 14.0 Å². The zero-order valence-electron chi connectivity index (χ0n) is 29.3. The number of nitrogens with zero attached hydrogens (tertiary/aromatic N) is 5. The number of hydrogen-bond acceptors (Lipinski definition) is 9. The summed E-state index contributed by atoms with van der Waals surface area (Å²) < 4.78 is 43.9. The molecule has 2 saturated heterocycles. The van der Waals surface area contributed by atoms with Gasteiger partial charge in [-0.1, -0.05) is 18.4 Å². The van der Waals surface area contributed by atoms with Crippen molar-refractivity contribution in [3.8, 4) is 35.4 Å². The van der Waals surface area contributed by atoms with E-state index in [-0.39, 0.29) is 44.9 Å². The Hall–Kier alpha value is -4.11. The van der Waals surface area contributed by atoms with Crippen molar-refractivity contribution in [3.05, 3.63) is 47.7 Å². The van der Waals surface area contributed by atoms with E-state index < -0.39 is 17.2 Å². The van der Waals surface area contributed by atoms with Gasteiger partial charge in [-0.25, -0.2) is 8.78 Å². The van der Waals surface area contributed by atoms with Crippen molar-refractivity contribution in [2.75, 3.05) is 44.9 Å². The molecule has 8 rings (SSSR count). The van der Waals surface area contributed by atoms with Crippen LogP contribution < -0.4 is 9.64 Å². The third-order valence-corrected chi connectivity index (χ3v) is 12.0. The van der Waals surface area contributed by atoms with Crippen molar-refractivity contribution >= 4 is 27.5 Å². The summed E-state index contributed by atoms with van der Waals surface area (Å²) in [5.74, 6) is 1.92. The van der Waals surface area contributed by atoms with Gasteiger partial charge in [0.1, 0.15) is 28.6 Å². The molecule has 2 N–H and O–H groups in total. The van der Waals surface area contributed by atoms with Gasteiger partial charge in [0.25, 0.3) is 0 Å². The van der Waals surface area contributed by atoms with Crippen molar-refractivity contribution in [3.63, 3.8) is 0 Å². The number of methoxy groups -OCH3 is 1. The molecule has 4 aromatic rings. The number of anilines is 1. The zero-order valence-corrected chi connectivity index (χ0v) is 29.3. The minimum Gasteiger partial charge on any atom is -0.508 e. The Bertz CT molecular complexity index is 2030. The van der Waals surface area contributed by atoms with Crippen LogP contribution >= 0.6 is 0 Å². The van der Waals surface area contributed by atoms with E-state index in [2.05, 4.69) is 20.8 Å². The molecule has 4 fully saturated rings. The highest BCUT2D eigenvalue weighted by atomic mass is 19.1.